The first-order chi connectivity index (χ1) is 9.01. The zero-order chi connectivity index (χ0) is 13.9. The van der Waals surface area contributed by atoms with Crippen molar-refractivity contribution in [1.29, 1.82) is 0 Å². The average molecular weight is 281 g/mol. The summed E-state index contributed by atoms with van der Waals surface area (Å²) in [5, 5.41) is 7.41. The summed E-state index contributed by atoms with van der Waals surface area (Å²) in [6, 6.07) is 6.40. The number of nitrogens with zero attached hydrogens (tertiary/aromatic N) is 2. The molecule has 0 amide bonds. The van der Waals surface area contributed by atoms with E-state index in [0.717, 1.165) is 12.0 Å². The predicted octanol–water partition coefficient (Wildman–Crippen LogP) is 2.13. The second-order valence-corrected chi connectivity index (χ2v) is 5.85. The summed E-state index contributed by atoms with van der Waals surface area (Å²) in [5.74, 6) is 0.420. The van der Waals surface area contributed by atoms with Crippen molar-refractivity contribution in [3.8, 4) is 0 Å². The molecule has 0 bridgehead atoms. The molecule has 6 nitrogen and oxygen atoms in total. The Bertz CT molecular complexity index is 647. The van der Waals surface area contributed by atoms with Crippen molar-refractivity contribution < 1.29 is 12.8 Å². The van der Waals surface area contributed by atoms with Gasteiger partial charge in [0.15, 0.2) is 0 Å². The molecule has 0 unspecified atom stereocenters. The largest absolute Gasteiger partial charge is 0.407 e. The number of benzene rings is 1. The van der Waals surface area contributed by atoms with Gasteiger partial charge in [0.25, 0.3) is 10.0 Å². The SMILES string of the molecule is CCCc1nnc(NS(=O)(=O)c2ccc(C)cc2)o1. The number of hydrogen-bond acceptors (Lipinski definition) is 5. The van der Waals surface area contributed by atoms with Crippen LogP contribution in [-0.4, -0.2) is 18.6 Å². The molecule has 0 aliphatic rings. The van der Waals surface area contributed by atoms with Gasteiger partial charge in [-0.1, -0.05) is 29.7 Å². The highest BCUT2D eigenvalue weighted by molar-refractivity contribution is 7.92. The van der Waals surface area contributed by atoms with Crippen molar-refractivity contribution in [2.75, 3.05) is 4.72 Å². The van der Waals surface area contributed by atoms with Crippen LogP contribution in [0.4, 0.5) is 6.01 Å². The second-order valence-electron chi connectivity index (χ2n) is 4.17. The lowest BCUT2D eigenvalue weighted by atomic mass is 10.2. The summed E-state index contributed by atoms with van der Waals surface area (Å²) in [6.45, 7) is 3.86. The topological polar surface area (TPSA) is 85.1 Å². The normalized spacial score (nSPS) is 11.5. The van der Waals surface area contributed by atoms with Gasteiger partial charge in [0.05, 0.1) is 4.90 Å². The van der Waals surface area contributed by atoms with Crippen molar-refractivity contribution in [3.63, 3.8) is 0 Å². The van der Waals surface area contributed by atoms with Gasteiger partial charge in [0.2, 0.25) is 5.89 Å². The first-order valence-electron chi connectivity index (χ1n) is 5.93. The standard InChI is InChI=1S/C12H15N3O3S/c1-3-4-11-13-14-12(18-11)15-19(16,17)10-7-5-9(2)6-8-10/h5-8H,3-4H2,1-2H3,(H,14,15). The zero-order valence-corrected chi connectivity index (χ0v) is 11.6. The van der Waals surface area contributed by atoms with E-state index in [9.17, 15) is 8.42 Å². The molecule has 7 heteroatoms. The van der Waals surface area contributed by atoms with Crippen molar-refractivity contribution in [1.82, 2.24) is 10.2 Å². The van der Waals surface area contributed by atoms with E-state index in [4.69, 9.17) is 4.42 Å². The zero-order valence-electron chi connectivity index (χ0n) is 10.8. The number of aromatic nitrogens is 2. The minimum Gasteiger partial charge on any atom is -0.407 e. The van der Waals surface area contributed by atoms with Gasteiger partial charge in [-0.05, 0) is 25.5 Å². The summed E-state index contributed by atoms with van der Waals surface area (Å²) in [7, 11) is -3.68. The molecule has 0 saturated heterocycles. The van der Waals surface area contributed by atoms with Gasteiger partial charge < -0.3 is 4.42 Å². The molecule has 0 fully saturated rings. The van der Waals surface area contributed by atoms with Gasteiger partial charge >= 0.3 is 6.01 Å². The van der Waals surface area contributed by atoms with Crippen LogP contribution in [-0.2, 0) is 16.4 Å². The van der Waals surface area contributed by atoms with Crippen molar-refractivity contribution in [2.45, 2.75) is 31.6 Å². The molecule has 19 heavy (non-hydrogen) atoms. The fraction of sp³-hybridized carbons (Fsp3) is 0.333. The third-order valence-electron chi connectivity index (χ3n) is 2.48. The van der Waals surface area contributed by atoms with E-state index in [0.29, 0.717) is 12.3 Å². The van der Waals surface area contributed by atoms with Gasteiger partial charge in [-0.25, -0.2) is 13.1 Å². The first kappa shape index (κ1) is 13.5. The fourth-order valence-electron chi connectivity index (χ4n) is 1.50. The summed E-state index contributed by atoms with van der Waals surface area (Å²) < 4.78 is 31.5. The molecule has 2 rings (SSSR count). The van der Waals surface area contributed by atoms with E-state index >= 15 is 0 Å². The number of rotatable bonds is 5. The van der Waals surface area contributed by atoms with Crippen LogP contribution in [0, 0.1) is 6.92 Å². The van der Waals surface area contributed by atoms with Crippen LogP contribution < -0.4 is 4.72 Å². The number of sulfonamides is 1. The number of anilines is 1. The molecule has 2 aromatic rings. The Hall–Kier alpha value is -1.89. The van der Waals surface area contributed by atoms with Gasteiger partial charge in [-0.15, -0.1) is 5.10 Å². The predicted molar refractivity (Wildman–Crippen MR) is 70.3 cm³/mol. The Morgan fingerprint density at radius 2 is 1.89 bits per heavy atom. The summed E-state index contributed by atoms with van der Waals surface area (Å²) in [4.78, 5) is 0.161. The number of aryl methyl sites for hydroxylation is 2. The molecule has 1 aromatic heterocycles. The van der Waals surface area contributed by atoms with Crippen molar-refractivity contribution in [2.24, 2.45) is 0 Å². The summed E-state index contributed by atoms with van der Waals surface area (Å²) >= 11 is 0. The molecular formula is C12H15N3O3S. The van der Waals surface area contributed by atoms with Gasteiger partial charge in [0, 0.05) is 6.42 Å². The third-order valence-corrected chi connectivity index (χ3v) is 3.82. The Morgan fingerprint density at radius 3 is 2.53 bits per heavy atom. The van der Waals surface area contributed by atoms with Crippen molar-refractivity contribution >= 4 is 16.0 Å². The molecular weight excluding hydrogens is 266 g/mol. The third kappa shape index (κ3) is 3.31. The highest BCUT2D eigenvalue weighted by atomic mass is 32.2. The molecule has 1 heterocycles. The van der Waals surface area contributed by atoms with E-state index in [-0.39, 0.29) is 10.9 Å². The molecule has 0 radical (unpaired) electrons. The summed E-state index contributed by atoms with van der Waals surface area (Å²) in [5.41, 5.74) is 0.988. The van der Waals surface area contributed by atoms with Crippen LogP contribution in [0.5, 0.6) is 0 Å². The summed E-state index contributed by atoms with van der Waals surface area (Å²) in [6.07, 6.45) is 1.48. The maximum atomic E-state index is 12.0. The average Bonchev–Trinajstić information content (AvgIpc) is 2.77. The molecule has 0 aliphatic heterocycles. The van der Waals surface area contributed by atoms with E-state index < -0.39 is 10.0 Å². The molecule has 0 atom stereocenters. The Labute approximate surface area is 111 Å². The van der Waals surface area contributed by atoms with Crippen LogP contribution in [0.2, 0.25) is 0 Å². The van der Waals surface area contributed by atoms with E-state index in [2.05, 4.69) is 14.9 Å². The highest BCUT2D eigenvalue weighted by Crippen LogP contribution is 2.15. The molecule has 1 aromatic carbocycles. The second kappa shape index (κ2) is 5.40. The van der Waals surface area contributed by atoms with Gasteiger partial charge in [-0.3, -0.25) is 0 Å². The Morgan fingerprint density at radius 1 is 1.21 bits per heavy atom. The van der Waals surface area contributed by atoms with Crippen LogP contribution >= 0.6 is 0 Å². The monoisotopic (exact) mass is 281 g/mol. The van der Waals surface area contributed by atoms with Gasteiger partial charge in [-0.2, -0.15) is 0 Å². The van der Waals surface area contributed by atoms with Gasteiger partial charge in [0.1, 0.15) is 0 Å². The molecule has 1 N–H and O–H groups in total. The lowest BCUT2D eigenvalue weighted by molar-refractivity contribution is 0.504. The first-order valence-corrected chi connectivity index (χ1v) is 7.41. The highest BCUT2D eigenvalue weighted by Gasteiger charge is 2.17. The minimum atomic E-state index is -3.68. The van der Waals surface area contributed by atoms with Crippen LogP contribution in [0.3, 0.4) is 0 Å². The van der Waals surface area contributed by atoms with Crippen LogP contribution in [0.25, 0.3) is 0 Å². The van der Waals surface area contributed by atoms with Crippen LogP contribution in [0.1, 0.15) is 24.8 Å². The van der Waals surface area contributed by atoms with E-state index in [1.165, 1.54) is 12.1 Å². The fourth-order valence-corrected chi connectivity index (χ4v) is 2.43. The Balaban J connectivity index is 2.18. The lowest BCUT2D eigenvalue weighted by Crippen LogP contribution is -2.13. The van der Waals surface area contributed by atoms with E-state index in [1.54, 1.807) is 12.1 Å². The molecule has 0 saturated carbocycles. The Kier molecular flexibility index (Phi) is 3.84. The van der Waals surface area contributed by atoms with Crippen LogP contribution in [0.15, 0.2) is 33.6 Å². The van der Waals surface area contributed by atoms with E-state index in [1.807, 2.05) is 13.8 Å². The lowest BCUT2D eigenvalue weighted by Gasteiger charge is -2.03. The number of hydrogen-bond donors (Lipinski definition) is 1. The molecule has 102 valence electrons. The quantitative estimate of drug-likeness (QED) is 0.907. The maximum absolute atomic E-state index is 12.0. The smallest absolute Gasteiger partial charge is 0.329 e. The maximum Gasteiger partial charge on any atom is 0.329 e. The molecule has 0 aliphatic carbocycles. The number of nitrogens with one attached hydrogen (secondary N) is 1. The minimum absolute atomic E-state index is 0.107. The molecule has 0 spiro atoms. The van der Waals surface area contributed by atoms with Crippen molar-refractivity contribution in [3.05, 3.63) is 35.7 Å².